The Bertz CT molecular complexity index is 647. The Hall–Kier alpha value is -1.54. The van der Waals surface area contributed by atoms with Crippen LogP contribution in [-0.2, 0) is 4.74 Å². The zero-order chi connectivity index (χ0) is 15.5. The first-order valence-electron chi connectivity index (χ1n) is 7.35. The molecule has 0 atom stereocenters. The van der Waals surface area contributed by atoms with Crippen LogP contribution in [0.2, 0.25) is 0 Å². The molecule has 0 aromatic carbocycles. The van der Waals surface area contributed by atoms with Crippen LogP contribution in [0.25, 0.3) is 0 Å². The third-order valence-corrected chi connectivity index (χ3v) is 5.51. The summed E-state index contributed by atoms with van der Waals surface area (Å²) >= 11 is 3.01. The molecule has 0 amide bonds. The van der Waals surface area contributed by atoms with Crippen molar-refractivity contribution in [2.75, 3.05) is 24.6 Å². The van der Waals surface area contributed by atoms with E-state index in [9.17, 15) is 4.79 Å². The molecule has 0 aliphatic carbocycles. The van der Waals surface area contributed by atoms with Crippen molar-refractivity contribution in [3.05, 3.63) is 21.9 Å². The second-order valence-electron chi connectivity index (χ2n) is 5.18. The zero-order valence-corrected chi connectivity index (χ0v) is 14.2. The highest BCUT2D eigenvalue weighted by Gasteiger charge is 2.25. The summed E-state index contributed by atoms with van der Waals surface area (Å²) in [5.74, 6) is 0.923. The van der Waals surface area contributed by atoms with Crippen LogP contribution in [0, 0.1) is 6.92 Å². The molecule has 0 bridgehead atoms. The van der Waals surface area contributed by atoms with Crippen molar-refractivity contribution < 1.29 is 9.53 Å². The summed E-state index contributed by atoms with van der Waals surface area (Å²) in [6.07, 6.45) is 2.04. The molecule has 6 nitrogen and oxygen atoms in total. The molecule has 0 unspecified atom stereocenters. The maximum Gasteiger partial charge on any atom is 0.357 e. The summed E-state index contributed by atoms with van der Waals surface area (Å²) in [7, 11) is 0. The minimum Gasteiger partial charge on any atom is -0.461 e. The van der Waals surface area contributed by atoms with Crippen molar-refractivity contribution in [1.29, 1.82) is 0 Å². The number of ether oxygens (including phenoxy) is 1. The summed E-state index contributed by atoms with van der Waals surface area (Å²) in [6, 6.07) is 0. The minimum atomic E-state index is -0.327. The van der Waals surface area contributed by atoms with Crippen LogP contribution in [0.5, 0.6) is 0 Å². The van der Waals surface area contributed by atoms with Crippen LogP contribution in [-0.4, -0.2) is 40.0 Å². The van der Waals surface area contributed by atoms with Crippen molar-refractivity contribution in [1.82, 2.24) is 14.3 Å². The van der Waals surface area contributed by atoms with Gasteiger partial charge in [-0.25, -0.2) is 14.8 Å². The maximum atomic E-state index is 11.7. The quantitative estimate of drug-likeness (QED) is 0.799. The van der Waals surface area contributed by atoms with Gasteiger partial charge in [-0.3, -0.25) is 0 Å². The first kappa shape index (κ1) is 15.4. The van der Waals surface area contributed by atoms with Gasteiger partial charge in [0, 0.05) is 35.9 Å². The van der Waals surface area contributed by atoms with Gasteiger partial charge in [0.15, 0.2) is 5.69 Å². The average molecular weight is 338 g/mol. The van der Waals surface area contributed by atoms with E-state index in [4.69, 9.17) is 4.74 Å². The molecular weight excluding hydrogens is 320 g/mol. The molecule has 1 aliphatic heterocycles. The molecule has 8 heteroatoms. The fourth-order valence-corrected chi connectivity index (χ4v) is 4.19. The first-order chi connectivity index (χ1) is 10.7. The Morgan fingerprint density at radius 3 is 2.82 bits per heavy atom. The van der Waals surface area contributed by atoms with Gasteiger partial charge < -0.3 is 9.64 Å². The Kier molecular flexibility index (Phi) is 4.68. The number of anilines is 1. The van der Waals surface area contributed by atoms with Gasteiger partial charge in [-0.2, -0.15) is 4.37 Å². The van der Waals surface area contributed by atoms with E-state index in [1.807, 2.05) is 6.92 Å². The molecule has 0 N–H and O–H groups in total. The molecule has 3 rings (SSSR count). The van der Waals surface area contributed by atoms with Crippen LogP contribution in [0.15, 0.2) is 5.38 Å². The molecule has 0 saturated carbocycles. The number of piperidine rings is 1. The lowest BCUT2D eigenvalue weighted by Gasteiger charge is -2.30. The van der Waals surface area contributed by atoms with E-state index in [-0.39, 0.29) is 5.97 Å². The number of hydrogen-bond donors (Lipinski definition) is 0. The molecular formula is C14H18N4O2S2. The number of thiazole rings is 1. The van der Waals surface area contributed by atoms with Crippen LogP contribution in [0.3, 0.4) is 0 Å². The van der Waals surface area contributed by atoms with Gasteiger partial charge in [-0.1, -0.05) is 0 Å². The van der Waals surface area contributed by atoms with Crippen molar-refractivity contribution in [2.24, 2.45) is 0 Å². The largest absolute Gasteiger partial charge is 0.461 e. The fourth-order valence-electron chi connectivity index (χ4n) is 2.51. The zero-order valence-electron chi connectivity index (χ0n) is 12.6. The number of aryl methyl sites for hydroxylation is 1. The van der Waals surface area contributed by atoms with Gasteiger partial charge in [0.1, 0.15) is 5.82 Å². The van der Waals surface area contributed by atoms with Crippen LogP contribution in [0.1, 0.15) is 47.0 Å². The van der Waals surface area contributed by atoms with Gasteiger partial charge in [-0.15, -0.1) is 11.3 Å². The number of hydrogen-bond acceptors (Lipinski definition) is 8. The maximum absolute atomic E-state index is 11.7. The number of aromatic nitrogens is 3. The third kappa shape index (κ3) is 3.27. The summed E-state index contributed by atoms with van der Waals surface area (Å²) in [6.45, 7) is 6.00. The normalized spacial score (nSPS) is 16.0. The van der Waals surface area contributed by atoms with E-state index in [2.05, 4.69) is 19.2 Å². The lowest BCUT2D eigenvalue weighted by Crippen LogP contribution is -2.32. The van der Waals surface area contributed by atoms with Gasteiger partial charge in [0.25, 0.3) is 0 Å². The third-order valence-electron chi connectivity index (χ3n) is 3.64. The molecule has 1 fully saturated rings. The smallest absolute Gasteiger partial charge is 0.357 e. The van der Waals surface area contributed by atoms with Gasteiger partial charge in [0.2, 0.25) is 5.13 Å². The molecule has 2 aromatic rings. The van der Waals surface area contributed by atoms with Crippen LogP contribution in [0.4, 0.5) is 5.13 Å². The van der Waals surface area contributed by atoms with E-state index >= 15 is 0 Å². The van der Waals surface area contributed by atoms with Crippen molar-refractivity contribution in [3.63, 3.8) is 0 Å². The number of rotatable bonds is 4. The molecule has 3 heterocycles. The monoisotopic (exact) mass is 338 g/mol. The standard InChI is InChI=1S/C14H18N4O2S2/c1-3-20-13(19)11-8-21-12(16-11)10-4-6-18(7-5-10)14-15-9(2)17-22-14/h8,10H,3-7H2,1-2H3. The Morgan fingerprint density at radius 1 is 1.41 bits per heavy atom. The SMILES string of the molecule is CCOC(=O)c1csc(C2CCN(c3nc(C)ns3)CC2)n1. The number of carbonyl (C=O) groups is 1. The molecule has 22 heavy (non-hydrogen) atoms. The lowest BCUT2D eigenvalue weighted by molar-refractivity contribution is 0.0520. The van der Waals surface area contributed by atoms with E-state index in [0.29, 0.717) is 18.2 Å². The van der Waals surface area contributed by atoms with E-state index in [1.165, 1.54) is 11.5 Å². The van der Waals surface area contributed by atoms with Gasteiger partial charge in [-0.05, 0) is 26.7 Å². The molecule has 1 aliphatic rings. The highest BCUT2D eigenvalue weighted by atomic mass is 32.1. The van der Waals surface area contributed by atoms with Crippen LogP contribution >= 0.6 is 22.9 Å². The summed E-state index contributed by atoms with van der Waals surface area (Å²) in [5.41, 5.74) is 0.434. The topological polar surface area (TPSA) is 68.2 Å². The predicted octanol–water partition coefficient (Wildman–Crippen LogP) is 2.86. The Balaban J connectivity index is 1.60. The van der Waals surface area contributed by atoms with Gasteiger partial charge >= 0.3 is 5.97 Å². The number of nitrogens with zero attached hydrogens (tertiary/aromatic N) is 4. The molecule has 118 valence electrons. The molecule has 0 spiro atoms. The number of carbonyl (C=O) groups excluding carboxylic acids is 1. The summed E-state index contributed by atoms with van der Waals surface area (Å²) in [4.78, 5) is 22.9. The Labute approximate surface area is 137 Å². The molecule has 0 radical (unpaired) electrons. The average Bonchev–Trinajstić information content (AvgIpc) is 3.17. The highest BCUT2D eigenvalue weighted by molar-refractivity contribution is 7.10. The van der Waals surface area contributed by atoms with Gasteiger partial charge in [0.05, 0.1) is 11.6 Å². The van der Waals surface area contributed by atoms with Crippen molar-refractivity contribution >= 4 is 34.0 Å². The van der Waals surface area contributed by atoms with Crippen LogP contribution < -0.4 is 4.90 Å². The van der Waals surface area contributed by atoms with E-state index in [1.54, 1.807) is 23.6 Å². The second-order valence-corrected chi connectivity index (χ2v) is 6.80. The molecule has 1 saturated heterocycles. The minimum absolute atomic E-state index is 0.327. The van der Waals surface area contributed by atoms with Crippen molar-refractivity contribution in [3.8, 4) is 0 Å². The summed E-state index contributed by atoms with van der Waals surface area (Å²) in [5, 5.41) is 3.84. The van der Waals surface area contributed by atoms with Crippen molar-refractivity contribution in [2.45, 2.75) is 32.6 Å². The Morgan fingerprint density at radius 2 is 2.18 bits per heavy atom. The van der Waals surface area contributed by atoms with E-state index in [0.717, 1.165) is 41.9 Å². The predicted molar refractivity (Wildman–Crippen MR) is 86.9 cm³/mol. The fraction of sp³-hybridized carbons (Fsp3) is 0.571. The molecule has 2 aromatic heterocycles. The summed E-state index contributed by atoms with van der Waals surface area (Å²) < 4.78 is 9.23. The highest BCUT2D eigenvalue weighted by Crippen LogP contribution is 2.32. The van der Waals surface area contributed by atoms with E-state index < -0.39 is 0 Å². The first-order valence-corrected chi connectivity index (χ1v) is 9.00. The second kappa shape index (κ2) is 6.70. The lowest BCUT2D eigenvalue weighted by atomic mass is 9.98. The number of esters is 1.